The predicted molar refractivity (Wildman–Crippen MR) is 85.5 cm³/mol. The lowest BCUT2D eigenvalue weighted by Gasteiger charge is -2.21. The normalized spacial score (nSPS) is 10.6. The molecule has 0 bridgehead atoms. The van der Waals surface area contributed by atoms with Gasteiger partial charge >= 0.3 is 0 Å². The number of carbonyl (C=O) groups excluding carboxylic acids is 1. The zero-order valence-electron chi connectivity index (χ0n) is 12.2. The van der Waals surface area contributed by atoms with Gasteiger partial charge in [-0.05, 0) is 43.3 Å². The van der Waals surface area contributed by atoms with Gasteiger partial charge in [0.15, 0.2) is 0 Å². The largest absolute Gasteiger partial charge is 0.309 e. The Labute approximate surface area is 128 Å². The number of fused-ring (bicyclic) bond motifs is 1. The van der Waals surface area contributed by atoms with Gasteiger partial charge in [-0.25, -0.2) is 4.39 Å². The number of pyridine rings is 1. The molecular formula is C18H15FN2O. The van der Waals surface area contributed by atoms with Crippen LogP contribution < -0.4 is 4.90 Å². The first-order chi connectivity index (χ1) is 10.7. The lowest BCUT2D eigenvalue weighted by Crippen LogP contribution is -2.30. The summed E-state index contributed by atoms with van der Waals surface area (Å²) < 4.78 is 13.1. The van der Waals surface area contributed by atoms with E-state index in [1.165, 1.54) is 12.1 Å². The van der Waals surface area contributed by atoms with Crippen LogP contribution in [0.15, 0.2) is 60.8 Å². The maximum atomic E-state index is 13.1. The Kier molecular flexibility index (Phi) is 3.83. The molecular weight excluding hydrogens is 279 g/mol. The van der Waals surface area contributed by atoms with Crippen LogP contribution in [0.25, 0.3) is 10.9 Å². The molecule has 0 saturated heterocycles. The van der Waals surface area contributed by atoms with Gasteiger partial charge in [-0.3, -0.25) is 9.78 Å². The number of carbonyl (C=O) groups is 1. The molecule has 0 aliphatic carbocycles. The number of anilines is 1. The van der Waals surface area contributed by atoms with Gasteiger partial charge in [0.1, 0.15) is 5.82 Å². The zero-order valence-corrected chi connectivity index (χ0v) is 12.2. The summed E-state index contributed by atoms with van der Waals surface area (Å²) in [4.78, 5) is 18.8. The van der Waals surface area contributed by atoms with E-state index in [1.54, 1.807) is 29.3 Å². The first kappa shape index (κ1) is 14.2. The highest BCUT2D eigenvalue weighted by Crippen LogP contribution is 2.22. The number of para-hydroxylation sites is 1. The first-order valence-electron chi connectivity index (χ1n) is 7.12. The minimum atomic E-state index is -0.318. The molecule has 0 aliphatic rings. The van der Waals surface area contributed by atoms with Crippen molar-refractivity contribution in [2.45, 2.75) is 6.92 Å². The van der Waals surface area contributed by atoms with E-state index < -0.39 is 0 Å². The number of aromatic nitrogens is 1. The Balaban J connectivity index is 2.05. The minimum Gasteiger partial charge on any atom is -0.309 e. The van der Waals surface area contributed by atoms with Gasteiger partial charge in [0.25, 0.3) is 5.91 Å². The molecule has 0 fully saturated rings. The van der Waals surface area contributed by atoms with Crippen molar-refractivity contribution < 1.29 is 9.18 Å². The average Bonchev–Trinajstić information content (AvgIpc) is 2.56. The SMILES string of the molecule is CCN(C(=O)c1ccnc2ccccc12)c1ccc(F)cc1. The summed E-state index contributed by atoms with van der Waals surface area (Å²) in [6.45, 7) is 2.39. The highest BCUT2D eigenvalue weighted by atomic mass is 19.1. The standard InChI is InChI=1S/C18H15FN2O/c1-2-21(14-9-7-13(19)8-10-14)18(22)16-11-12-20-17-6-4-3-5-15(16)17/h3-12H,2H2,1H3. The van der Waals surface area contributed by atoms with Crippen molar-refractivity contribution in [2.24, 2.45) is 0 Å². The highest BCUT2D eigenvalue weighted by Gasteiger charge is 2.18. The highest BCUT2D eigenvalue weighted by molar-refractivity contribution is 6.13. The van der Waals surface area contributed by atoms with Gasteiger partial charge in [0, 0.05) is 23.8 Å². The van der Waals surface area contributed by atoms with E-state index >= 15 is 0 Å². The number of halogens is 1. The van der Waals surface area contributed by atoms with Crippen LogP contribution in [0.2, 0.25) is 0 Å². The van der Waals surface area contributed by atoms with E-state index in [0.29, 0.717) is 17.8 Å². The number of nitrogens with zero attached hydrogens (tertiary/aromatic N) is 2. The van der Waals surface area contributed by atoms with Gasteiger partial charge in [0.05, 0.1) is 11.1 Å². The molecule has 4 heteroatoms. The summed E-state index contributed by atoms with van der Waals surface area (Å²) in [5.74, 6) is -0.436. The Morgan fingerprint density at radius 3 is 2.55 bits per heavy atom. The Morgan fingerprint density at radius 2 is 1.82 bits per heavy atom. The molecule has 0 unspecified atom stereocenters. The quantitative estimate of drug-likeness (QED) is 0.730. The molecule has 2 aromatic carbocycles. The third-order valence-corrected chi connectivity index (χ3v) is 3.58. The maximum absolute atomic E-state index is 13.1. The van der Waals surface area contributed by atoms with Crippen LogP contribution in [0.1, 0.15) is 17.3 Å². The fourth-order valence-electron chi connectivity index (χ4n) is 2.49. The van der Waals surface area contributed by atoms with Gasteiger partial charge in [0.2, 0.25) is 0 Å². The summed E-state index contributed by atoms with van der Waals surface area (Å²) in [5.41, 5.74) is 2.05. The van der Waals surface area contributed by atoms with Crippen molar-refractivity contribution in [1.29, 1.82) is 0 Å². The number of hydrogen-bond acceptors (Lipinski definition) is 2. The van der Waals surface area contributed by atoms with Crippen LogP contribution in [-0.2, 0) is 0 Å². The van der Waals surface area contributed by atoms with Crippen molar-refractivity contribution in [3.8, 4) is 0 Å². The average molecular weight is 294 g/mol. The molecule has 0 atom stereocenters. The fraction of sp³-hybridized carbons (Fsp3) is 0.111. The van der Waals surface area contributed by atoms with Crippen LogP contribution in [0.5, 0.6) is 0 Å². The molecule has 3 aromatic rings. The van der Waals surface area contributed by atoms with E-state index in [9.17, 15) is 9.18 Å². The van der Waals surface area contributed by atoms with Crippen molar-refractivity contribution >= 4 is 22.5 Å². The van der Waals surface area contributed by atoms with E-state index in [0.717, 1.165) is 10.9 Å². The Hall–Kier alpha value is -2.75. The van der Waals surface area contributed by atoms with E-state index in [-0.39, 0.29) is 11.7 Å². The topological polar surface area (TPSA) is 33.2 Å². The Bertz CT molecular complexity index is 809. The van der Waals surface area contributed by atoms with Crippen molar-refractivity contribution in [2.75, 3.05) is 11.4 Å². The van der Waals surface area contributed by atoms with Crippen LogP contribution in [-0.4, -0.2) is 17.4 Å². The number of amides is 1. The molecule has 0 N–H and O–H groups in total. The summed E-state index contributed by atoms with van der Waals surface area (Å²) in [6.07, 6.45) is 1.63. The molecule has 0 aliphatic heterocycles. The van der Waals surface area contributed by atoms with E-state index in [2.05, 4.69) is 4.98 Å². The molecule has 1 aromatic heterocycles. The third-order valence-electron chi connectivity index (χ3n) is 3.58. The summed E-state index contributed by atoms with van der Waals surface area (Å²) in [6, 6.07) is 15.2. The zero-order chi connectivity index (χ0) is 15.5. The molecule has 3 nitrogen and oxygen atoms in total. The number of hydrogen-bond donors (Lipinski definition) is 0. The summed E-state index contributed by atoms with van der Waals surface area (Å²) in [5, 5.41) is 0.815. The molecule has 1 heterocycles. The molecule has 110 valence electrons. The fourth-order valence-corrected chi connectivity index (χ4v) is 2.49. The van der Waals surface area contributed by atoms with Crippen LogP contribution in [0, 0.1) is 5.82 Å². The van der Waals surface area contributed by atoms with Gasteiger partial charge in [-0.1, -0.05) is 18.2 Å². The third kappa shape index (κ3) is 2.55. The Morgan fingerprint density at radius 1 is 1.09 bits per heavy atom. The van der Waals surface area contributed by atoms with Crippen molar-refractivity contribution in [3.05, 3.63) is 72.2 Å². The van der Waals surface area contributed by atoms with Gasteiger partial charge < -0.3 is 4.90 Å². The van der Waals surface area contributed by atoms with E-state index in [1.807, 2.05) is 31.2 Å². The number of rotatable bonds is 3. The monoisotopic (exact) mass is 294 g/mol. The minimum absolute atomic E-state index is 0.118. The predicted octanol–water partition coefficient (Wildman–Crippen LogP) is 4.04. The second-order valence-electron chi connectivity index (χ2n) is 4.90. The lowest BCUT2D eigenvalue weighted by molar-refractivity contribution is 0.0990. The lowest BCUT2D eigenvalue weighted by atomic mass is 10.1. The first-order valence-corrected chi connectivity index (χ1v) is 7.12. The molecule has 3 rings (SSSR count). The van der Waals surface area contributed by atoms with Crippen LogP contribution >= 0.6 is 0 Å². The molecule has 1 amide bonds. The molecule has 0 saturated carbocycles. The van der Waals surface area contributed by atoms with Gasteiger partial charge in [-0.2, -0.15) is 0 Å². The summed E-state index contributed by atoms with van der Waals surface area (Å²) in [7, 11) is 0. The van der Waals surface area contributed by atoms with Gasteiger partial charge in [-0.15, -0.1) is 0 Å². The van der Waals surface area contributed by atoms with Crippen LogP contribution in [0.4, 0.5) is 10.1 Å². The number of benzene rings is 2. The maximum Gasteiger partial charge on any atom is 0.259 e. The molecule has 0 spiro atoms. The summed E-state index contributed by atoms with van der Waals surface area (Å²) >= 11 is 0. The smallest absolute Gasteiger partial charge is 0.259 e. The molecule has 0 radical (unpaired) electrons. The molecule has 22 heavy (non-hydrogen) atoms. The van der Waals surface area contributed by atoms with Crippen molar-refractivity contribution in [3.63, 3.8) is 0 Å². The second-order valence-corrected chi connectivity index (χ2v) is 4.90. The van der Waals surface area contributed by atoms with Crippen molar-refractivity contribution in [1.82, 2.24) is 4.98 Å². The second kappa shape index (κ2) is 5.93. The van der Waals surface area contributed by atoms with E-state index in [4.69, 9.17) is 0 Å². The van der Waals surface area contributed by atoms with Crippen LogP contribution in [0.3, 0.4) is 0 Å².